The number of alkyl halides is 2. The zero-order valence-corrected chi connectivity index (χ0v) is 6.74. The van der Waals surface area contributed by atoms with Gasteiger partial charge in [-0.25, -0.2) is 0 Å². The zero-order chi connectivity index (χ0) is 5.91. The zero-order valence-electron chi connectivity index (χ0n) is 3.56. The fourth-order valence-electron chi connectivity index (χ4n) is 0.0357. The quantitative estimate of drug-likeness (QED) is 0.538. The Bertz CT molecular complexity index is 48.9. The Morgan fingerprint density at radius 1 is 1.14 bits per heavy atom. The molecule has 0 aliphatic heterocycles. The van der Waals surface area contributed by atoms with Crippen LogP contribution in [0.1, 0.15) is 0 Å². The summed E-state index contributed by atoms with van der Waals surface area (Å²) in [7, 11) is 0. The van der Waals surface area contributed by atoms with Crippen molar-refractivity contribution in [1.82, 2.24) is 0 Å². The molecule has 4 heteroatoms. The van der Waals surface area contributed by atoms with Gasteiger partial charge in [-0.2, -0.15) is 0 Å². The first-order valence-corrected chi connectivity index (χ1v) is 3.93. The van der Waals surface area contributed by atoms with Crippen molar-refractivity contribution in [3.63, 3.8) is 0 Å². The molecule has 0 amide bonds. The predicted octanol–water partition coefficient (Wildman–Crippen LogP) is 0.457. The van der Waals surface area contributed by atoms with E-state index in [0.29, 0.717) is 0 Å². The number of hydrogen-bond acceptors (Lipinski definition) is 2. The first-order chi connectivity index (χ1) is 3.12. The predicted molar refractivity (Wildman–Crippen MR) is 34.8 cm³/mol. The summed E-state index contributed by atoms with van der Waals surface area (Å²) in [4.78, 5) is 0. The molecule has 0 fully saturated rings. The third kappa shape index (κ3) is 3.46. The molecule has 0 atom stereocenters. The molecule has 0 aromatic rings. The minimum Gasteiger partial charge on any atom is -0.364 e. The van der Waals surface area contributed by atoms with Crippen LogP contribution in [-0.2, 0) is 0 Å². The van der Waals surface area contributed by atoms with Gasteiger partial charge in [-0.15, -0.1) is 0 Å². The molecule has 0 heterocycles. The van der Waals surface area contributed by atoms with Gasteiger partial charge in [0.1, 0.15) is 0 Å². The lowest BCUT2D eigenvalue weighted by molar-refractivity contribution is -0.116. The Morgan fingerprint density at radius 3 is 1.43 bits per heavy atom. The lowest BCUT2D eigenvalue weighted by Gasteiger charge is -2.13. The SMILES string of the molecule is OC(O)(CBr)CBr. The average molecular weight is 234 g/mol. The Hall–Kier alpha value is 0.880. The van der Waals surface area contributed by atoms with Gasteiger partial charge >= 0.3 is 0 Å². The Labute approximate surface area is 58.8 Å². The Morgan fingerprint density at radius 2 is 1.43 bits per heavy atom. The van der Waals surface area contributed by atoms with Crippen molar-refractivity contribution in [2.45, 2.75) is 5.79 Å². The van der Waals surface area contributed by atoms with Gasteiger partial charge in [-0.05, 0) is 0 Å². The van der Waals surface area contributed by atoms with Gasteiger partial charge in [-0.1, -0.05) is 31.9 Å². The van der Waals surface area contributed by atoms with Gasteiger partial charge in [0.05, 0.1) is 10.7 Å². The molecule has 0 spiro atoms. The van der Waals surface area contributed by atoms with E-state index in [1.807, 2.05) is 0 Å². The molecule has 0 rings (SSSR count). The van der Waals surface area contributed by atoms with Crippen molar-refractivity contribution in [3.05, 3.63) is 0 Å². The maximum atomic E-state index is 8.59. The highest BCUT2D eigenvalue weighted by Crippen LogP contribution is 2.06. The molecule has 0 aliphatic rings. The largest absolute Gasteiger partial charge is 0.364 e. The van der Waals surface area contributed by atoms with Gasteiger partial charge in [0.25, 0.3) is 0 Å². The summed E-state index contributed by atoms with van der Waals surface area (Å²) >= 11 is 5.80. The van der Waals surface area contributed by atoms with Crippen LogP contribution in [0.3, 0.4) is 0 Å². The molecule has 0 aromatic carbocycles. The number of aliphatic hydroxyl groups is 2. The molecule has 2 N–H and O–H groups in total. The van der Waals surface area contributed by atoms with Crippen LogP contribution < -0.4 is 0 Å². The number of rotatable bonds is 2. The first kappa shape index (κ1) is 7.88. The monoisotopic (exact) mass is 232 g/mol. The number of hydrogen-bond donors (Lipinski definition) is 2. The third-order valence-electron chi connectivity index (χ3n) is 0.428. The molecule has 0 saturated carbocycles. The molecule has 7 heavy (non-hydrogen) atoms. The fraction of sp³-hybridized carbons (Fsp3) is 1.00. The molecule has 2 nitrogen and oxygen atoms in total. The molecule has 44 valence electrons. The smallest absolute Gasteiger partial charge is 0.182 e. The van der Waals surface area contributed by atoms with Gasteiger partial charge in [0, 0.05) is 0 Å². The second-order valence-electron chi connectivity index (χ2n) is 1.25. The fourth-order valence-corrected chi connectivity index (χ4v) is 0.964. The van der Waals surface area contributed by atoms with E-state index < -0.39 is 5.79 Å². The molecule has 0 bridgehead atoms. The summed E-state index contributed by atoms with van der Waals surface area (Å²) in [5, 5.41) is 17.5. The summed E-state index contributed by atoms with van der Waals surface area (Å²) in [5.74, 6) is -1.58. The van der Waals surface area contributed by atoms with E-state index in [2.05, 4.69) is 31.9 Å². The van der Waals surface area contributed by atoms with Crippen LogP contribution >= 0.6 is 31.9 Å². The molecule has 0 radical (unpaired) electrons. The first-order valence-electron chi connectivity index (χ1n) is 1.69. The van der Waals surface area contributed by atoms with E-state index in [1.54, 1.807) is 0 Å². The maximum Gasteiger partial charge on any atom is 0.182 e. The van der Waals surface area contributed by atoms with E-state index in [-0.39, 0.29) is 10.7 Å². The maximum absolute atomic E-state index is 8.59. The van der Waals surface area contributed by atoms with Gasteiger partial charge in [-0.3, -0.25) is 0 Å². The highest BCUT2D eigenvalue weighted by Gasteiger charge is 2.17. The van der Waals surface area contributed by atoms with Crippen molar-refractivity contribution in [1.29, 1.82) is 0 Å². The van der Waals surface area contributed by atoms with Crippen LogP contribution in [0.15, 0.2) is 0 Å². The van der Waals surface area contributed by atoms with E-state index in [4.69, 9.17) is 10.2 Å². The molecule has 0 aliphatic carbocycles. The average Bonchev–Trinajstić information content (AvgIpc) is 1.68. The van der Waals surface area contributed by atoms with Crippen LogP contribution in [0, 0.1) is 0 Å². The van der Waals surface area contributed by atoms with Crippen molar-refractivity contribution in [2.75, 3.05) is 10.7 Å². The van der Waals surface area contributed by atoms with Crippen molar-refractivity contribution in [2.24, 2.45) is 0 Å². The van der Waals surface area contributed by atoms with Gasteiger partial charge in [0.2, 0.25) is 0 Å². The van der Waals surface area contributed by atoms with Crippen molar-refractivity contribution in [3.8, 4) is 0 Å². The summed E-state index contributed by atoms with van der Waals surface area (Å²) in [6.07, 6.45) is 0. The summed E-state index contributed by atoms with van der Waals surface area (Å²) < 4.78 is 0. The lowest BCUT2D eigenvalue weighted by atomic mass is 10.4. The van der Waals surface area contributed by atoms with E-state index >= 15 is 0 Å². The summed E-state index contributed by atoms with van der Waals surface area (Å²) in [6.45, 7) is 0. The summed E-state index contributed by atoms with van der Waals surface area (Å²) in [5.41, 5.74) is 0. The van der Waals surface area contributed by atoms with Crippen molar-refractivity contribution >= 4 is 31.9 Å². The van der Waals surface area contributed by atoms with Gasteiger partial charge in [0.15, 0.2) is 5.79 Å². The Kier molecular flexibility index (Phi) is 3.40. The van der Waals surface area contributed by atoms with E-state index in [1.165, 1.54) is 0 Å². The topological polar surface area (TPSA) is 40.5 Å². The van der Waals surface area contributed by atoms with Crippen LogP contribution in [0.25, 0.3) is 0 Å². The van der Waals surface area contributed by atoms with Crippen molar-refractivity contribution < 1.29 is 10.2 Å². The highest BCUT2D eigenvalue weighted by molar-refractivity contribution is 9.09. The standard InChI is InChI=1S/C3H6Br2O2/c4-1-3(6,7)2-5/h6-7H,1-2H2. The molecular weight excluding hydrogens is 228 g/mol. The lowest BCUT2D eigenvalue weighted by Crippen LogP contribution is -2.31. The summed E-state index contributed by atoms with van der Waals surface area (Å²) in [6, 6.07) is 0. The van der Waals surface area contributed by atoms with Crippen LogP contribution in [0.5, 0.6) is 0 Å². The number of halogens is 2. The minimum atomic E-state index is -1.58. The normalized spacial score (nSPS) is 12.0. The molecular formula is C3H6Br2O2. The van der Waals surface area contributed by atoms with E-state index in [9.17, 15) is 0 Å². The molecule has 0 unspecified atom stereocenters. The van der Waals surface area contributed by atoms with Crippen LogP contribution in [-0.4, -0.2) is 26.7 Å². The second-order valence-corrected chi connectivity index (χ2v) is 2.37. The third-order valence-corrected chi connectivity index (χ3v) is 2.22. The van der Waals surface area contributed by atoms with Crippen LogP contribution in [0.4, 0.5) is 0 Å². The van der Waals surface area contributed by atoms with E-state index in [0.717, 1.165) is 0 Å². The highest BCUT2D eigenvalue weighted by atomic mass is 79.9. The van der Waals surface area contributed by atoms with Gasteiger partial charge < -0.3 is 10.2 Å². The minimum absolute atomic E-state index is 0.172. The Balaban J connectivity index is 3.36. The molecule has 0 saturated heterocycles. The van der Waals surface area contributed by atoms with Crippen LogP contribution in [0.2, 0.25) is 0 Å². The second kappa shape index (κ2) is 3.02. The molecule has 0 aromatic heterocycles.